The van der Waals surface area contributed by atoms with Crippen LogP contribution in [0.25, 0.3) is 0 Å². The number of halogens is 2. The van der Waals surface area contributed by atoms with Gasteiger partial charge in [0.15, 0.2) is 12.1 Å². The van der Waals surface area contributed by atoms with E-state index in [1.165, 1.54) is 0 Å². The van der Waals surface area contributed by atoms with E-state index in [1.54, 1.807) is 36.4 Å². The summed E-state index contributed by atoms with van der Waals surface area (Å²) in [5.74, 6) is -0.0443. The Morgan fingerprint density at radius 1 is 1.15 bits per heavy atom. The third-order valence-corrected chi connectivity index (χ3v) is 5.55. The highest BCUT2D eigenvalue weighted by Gasteiger charge is 2.54. The molecule has 2 amide bonds. The van der Waals surface area contributed by atoms with Crippen LogP contribution in [0.5, 0.6) is 5.75 Å². The summed E-state index contributed by atoms with van der Waals surface area (Å²) in [4.78, 5) is 26.8. The third-order valence-electron chi connectivity index (χ3n) is 4.53. The van der Waals surface area contributed by atoms with Gasteiger partial charge < -0.3 is 4.74 Å². The van der Waals surface area contributed by atoms with E-state index in [0.29, 0.717) is 23.0 Å². The summed E-state index contributed by atoms with van der Waals surface area (Å²) in [6.07, 6.45) is 0. The van der Waals surface area contributed by atoms with Gasteiger partial charge in [0.2, 0.25) is 0 Å². The molecule has 2 aromatic carbocycles. The molecule has 0 saturated carbocycles. The number of anilines is 1. The number of hydrogen-bond acceptors (Lipinski definition) is 6. The van der Waals surface area contributed by atoms with Crippen LogP contribution in [0.15, 0.2) is 57.3 Å². The van der Waals surface area contributed by atoms with Crippen molar-refractivity contribution in [2.24, 2.45) is 10.3 Å². The largest absolute Gasteiger partial charge is 0.497 e. The van der Waals surface area contributed by atoms with E-state index in [2.05, 4.69) is 26.3 Å². The number of rotatable bonds is 4. The van der Waals surface area contributed by atoms with E-state index in [-0.39, 0.29) is 11.8 Å². The van der Waals surface area contributed by atoms with E-state index in [0.717, 1.165) is 14.9 Å². The Kier molecular flexibility index (Phi) is 4.61. The lowest BCUT2D eigenvalue weighted by molar-refractivity contribution is -0.123. The molecular weight excluding hydrogens is 436 g/mol. The smallest absolute Gasteiger partial charge is 0.263 e. The summed E-state index contributed by atoms with van der Waals surface area (Å²) in [6, 6.07) is 10.5. The van der Waals surface area contributed by atoms with Crippen molar-refractivity contribution in [3.05, 3.63) is 57.5 Å². The van der Waals surface area contributed by atoms with Gasteiger partial charge in [-0.2, -0.15) is 5.11 Å². The zero-order chi connectivity index (χ0) is 19.1. The second kappa shape index (κ2) is 6.94. The molecule has 0 aliphatic carbocycles. The number of fused-ring (bicyclic) bond motifs is 1. The lowest BCUT2D eigenvalue weighted by Gasteiger charge is -2.21. The Morgan fingerprint density at radius 2 is 1.89 bits per heavy atom. The molecule has 138 valence electrons. The summed E-state index contributed by atoms with van der Waals surface area (Å²) in [5, 5.41) is 10.2. The van der Waals surface area contributed by atoms with E-state index >= 15 is 0 Å². The van der Waals surface area contributed by atoms with Crippen molar-refractivity contribution >= 4 is 45.0 Å². The number of methoxy groups -OCH3 is 1. The highest BCUT2D eigenvalue weighted by molar-refractivity contribution is 9.10. The van der Waals surface area contributed by atoms with Gasteiger partial charge in [0.25, 0.3) is 11.8 Å². The Labute approximate surface area is 168 Å². The number of carbonyl (C=O) groups is 2. The van der Waals surface area contributed by atoms with E-state index < -0.39 is 12.1 Å². The Bertz CT molecular complexity index is 950. The Balaban J connectivity index is 1.61. The molecule has 0 bridgehead atoms. The van der Waals surface area contributed by atoms with Gasteiger partial charge in [0.1, 0.15) is 5.75 Å². The molecule has 7 nitrogen and oxygen atoms in total. The first kappa shape index (κ1) is 17.9. The Morgan fingerprint density at radius 3 is 2.59 bits per heavy atom. The fraction of sp³-hybridized carbons (Fsp3) is 0.222. The molecule has 1 fully saturated rings. The van der Waals surface area contributed by atoms with Crippen molar-refractivity contribution in [1.82, 2.24) is 5.01 Å². The van der Waals surface area contributed by atoms with Crippen molar-refractivity contribution in [3.8, 4) is 5.75 Å². The lowest BCUT2D eigenvalue weighted by Crippen LogP contribution is -2.39. The van der Waals surface area contributed by atoms with E-state index in [9.17, 15) is 9.59 Å². The minimum Gasteiger partial charge on any atom is -0.497 e. The zero-order valence-electron chi connectivity index (χ0n) is 14.2. The van der Waals surface area contributed by atoms with Crippen LogP contribution in [0.1, 0.15) is 5.56 Å². The number of carbonyl (C=O) groups excluding carboxylic acids is 2. The molecule has 4 rings (SSSR count). The predicted molar refractivity (Wildman–Crippen MR) is 103 cm³/mol. The molecule has 0 N–H and O–H groups in total. The van der Waals surface area contributed by atoms with Crippen molar-refractivity contribution < 1.29 is 14.3 Å². The summed E-state index contributed by atoms with van der Waals surface area (Å²) >= 11 is 9.39. The maximum Gasteiger partial charge on any atom is 0.263 e. The quantitative estimate of drug-likeness (QED) is 0.669. The predicted octanol–water partition coefficient (Wildman–Crippen LogP) is 3.60. The summed E-state index contributed by atoms with van der Waals surface area (Å²) in [7, 11) is 1.59. The maximum absolute atomic E-state index is 13.0. The van der Waals surface area contributed by atoms with Crippen LogP contribution in [0, 0.1) is 0 Å². The number of nitrogens with zero attached hydrogens (tertiary/aromatic N) is 4. The fourth-order valence-corrected chi connectivity index (χ4v) is 3.67. The van der Waals surface area contributed by atoms with Crippen molar-refractivity contribution in [1.29, 1.82) is 0 Å². The molecule has 9 heteroatoms. The van der Waals surface area contributed by atoms with Crippen molar-refractivity contribution in [3.63, 3.8) is 0 Å². The van der Waals surface area contributed by atoms with Crippen molar-refractivity contribution in [2.75, 3.05) is 12.0 Å². The minimum atomic E-state index is -0.836. The van der Waals surface area contributed by atoms with Crippen LogP contribution in [0.2, 0.25) is 5.02 Å². The molecule has 2 aliphatic heterocycles. The zero-order valence-corrected chi connectivity index (χ0v) is 16.5. The number of ether oxygens (including phenoxy) is 1. The molecule has 0 aromatic heterocycles. The van der Waals surface area contributed by atoms with Crippen LogP contribution in [0.3, 0.4) is 0 Å². The molecule has 27 heavy (non-hydrogen) atoms. The van der Waals surface area contributed by atoms with Crippen LogP contribution >= 0.6 is 27.5 Å². The first-order valence-electron chi connectivity index (χ1n) is 8.13. The molecule has 0 radical (unpaired) electrons. The van der Waals surface area contributed by atoms with Crippen LogP contribution in [-0.2, 0) is 16.1 Å². The third kappa shape index (κ3) is 3.08. The highest BCUT2D eigenvalue weighted by Crippen LogP contribution is 2.34. The standard InChI is InChI=1S/C18H14BrClN4O3/c1-27-13-6-7-14(19)10(8-13)9-23-16-15(21-22-23)17(25)24(18(16)26)12-4-2-11(20)3-5-12/h2-8,15-16H,9H2,1H3/t15-,16-/m1/s1. The second-order valence-electron chi connectivity index (χ2n) is 6.14. The normalized spacial score (nSPS) is 21.1. The molecule has 2 aliphatic rings. The van der Waals surface area contributed by atoms with Crippen LogP contribution in [0.4, 0.5) is 5.69 Å². The average molecular weight is 450 g/mol. The van der Waals surface area contributed by atoms with Crippen LogP contribution < -0.4 is 9.64 Å². The fourth-order valence-electron chi connectivity index (χ4n) is 3.17. The highest BCUT2D eigenvalue weighted by atomic mass is 79.9. The summed E-state index contributed by atoms with van der Waals surface area (Å²) < 4.78 is 6.11. The second-order valence-corrected chi connectivity index (χ2v) is 7.43. The first-order chi connectivity index (χ1) is 13.0. The molecule has 0 unspecified atom stereocenters. The molecule has 2 aromatic rings. The van der Waals surface area contributed by atoms with Gasteiger partial charge in [0.05, 0.1) is 19.3 Å². The molecule has 0 spiro atoms. The van der Waals surface area contributed by atoms with Gasteiger partial charge >= 0.3 is 0 Å². The van der Waals surface area contributed by atoms with E-state index in [4.69, 9.17) is 16.3 Å². The summed E-state index contributed by atoms with van der Waals surface area (Å²) in [5.41, 5.74) is 1.35. The topological polar surface area (TPSA) is 74.6 Å². The van der Waals surface area contributed by atoms with Gasteiger partial charge in [-0.25, -0.2) is 4.90 Å². The number of imide groups is 1. The molecule has 1 saturated heterocycles. The molecular formula is C18H14BrClN4O3. The summed E-state index contributed by atoms with van der Waals surface area (Å²) in [6.45, 7) is 0.315. The van der Waals surface area contributed by atoms with Gasteiger partial charge in [-0.15, -0.1) is 0 Å². The number of hydrogen-bond donors (Lipinski definition) is 0. The number of benzene rings is 2. The Hall–Kier alpha value is -2.45. The molecule has 2 heterocycles. The van der Waals surface area contributed by atoms with E-state index in [1.807, 2.05) is 18.2 Å². The maximum atomic E-state index is 13.0. The lowest BCUT2D eigenvalue weighted by atomic mass is 10.1. The van der Waals surface area contributed by atoms with Gasteiger partial charge in [-0.3, -0.25) is 14.6 Å². The monoisotopic (exact) mass is 448 g/mol. The van der Waals surface area contributed by atoms with Crippen molar-refractivity contribution in [2.45, 2.75) is 18.6 Å². The first-order valence-corrected chi connectivity index (χ1v) is 9.30. The van der Waals surface area contributed by atoms with Gasteiger partial charge in [0, 0.05) is 9.50 Å². The minimum absolute atomic E-state index is 0.315. The van der Waals surface area contributed by atoms with Crippen LogP contribution in [-0.4, -0.2) is 36.0 Å². The number of amides is 2. The van der Waals surface area contributed by atoms with Gasteiger partial charge in [-0.05, 0) is 48.0 Å². The van der Waals surface area contributed by atoms with Gasteiger partial charge in [-0.1, -0.05) is 32.8 Å². The SMILES string of the molecule is COc1ccc(Br)c(CN2N=N[C@H]3C(=O)N(c4ccc(Cl)cc4)C(=O)[C@@H]32)c1. The average Bonchev–Trinajstić information content (AvgIpc) is 3.18. The molecule has 2 atom stereocenters.